The second-order valence-corrected chi connectivity index (χ2v) is 10.2. The molecule has 6 nitrogen and oxygen atoms in total. The van der Waals surface area contributed by atoms with Crippen molar-refractivity contribution in [1.29, 1.82) is 0 Å². The molecule has 1 spiro atoms. The molecular formula is C27H17BrClNO5. The molecule has 0 aromatic heterocycles. The molecule has 1 aliphatic carbocycles. The Kier molecular flexibility index (Phi) is 4.90. The van der Waals surface area contributed by atoms with Crippen molar-refractivity contribution < 1.29 is 23.9 Å². The standard InChI is InChI=1S/C27H17BrClNO5/c1-13-9-11-14(12-10-13)22-20-21(26(34)30(25(20)33)18-8-3-2-7-17(18)29)27(35-22)23(31)15-5-4-6-16(28)19(15)24(27)32/h2-12,20-22H,1H3/t20-,21-,22-,27?/m1/s1. The fraction of sp³-hybridized carbons (Fsp3) is 0.185. The first-order chi connectivity index (χ1) is 16.8. The topological polar surface area (TPSA) is 80.8 Å². The first-order valence-electron chi connectivity index (χ1n) is 11.0. The van der Waals surface area contributed by atoms with E-state index >= 15 is 0 Å². The third-order valence-corrected chi connectivity index (χ3v) is 8.07. The highest BCUT2D eigenvalue weighted by Crippen LogP contribution is 2.58. The van der Waals surface area contributed by atoms with Gasteiger partial charge in [-0.1, -0.05) is 81.6 Å². The number of hydrogen-bond donors (Lipinski definition) is 0. The zero-order chi connectivity index (χ0) is 24.6. The van der Waals surface area contributed by atoms with Crippen molar-refractivity contribution in [1.82, 2.24) is 0 Å². The molecule has 35 heavy (non-hydrogen) atoms. The van der Waals surface area contributed by atoms with Crippen molar-refractivity contribution in [2.75, 3.05) is 4.90 Å². The number of nitrogens with zero attached hydrogens (tertiary/aromatic N) is 1. The zero-order valence-electron chi connectivity index (χ0n) is 18.3. The molecule has 174 valence electrons. The minimum Gasteiger partial charge on any atom is -0.349 e. The van der Waals surface area contributed by atoms with Gasteiger partial charge >= 0.3 is 0 Å². The van der Waals surface area contributed by atoms with E-state index < -0.39 is 46.9 Å². The molecule has 2 amide bonds. The summed E-state index contributed by atoms with van der Waals surface area (Å²) in [5.41, 5.74) is 0.0262. The number of anilines is 1. The van der Waals surface area contributed by atoms with Gasteiger partial charge in [-0.2, -0.15) is 0 Å². The van der Waals surface area contributed by atoms with Crippen LogP contribution in [0.4, 0.5) is 5.69 Å². The molecule has 8 heteroatoms. The number of fused-ring (bicyclic) bond motifs is 3. The van der Waals surface area contributed by atoms with Crippen molar-refractivity contribution >= 4 is 56.6 Å². The maximum absolute atomic E-state index is 13.9. The van der Waals surface area contributed by atoms with E-state index in [1.807, 2.05) is 19.1 Å². The number of imide groups is 1. The van der Waals surface area contributed by atoms with Gasteiger partial charge in [0.25, 0.3) is 0 Å². The van der Waals surface area contributed by atoms with Crippen LogP contribution in [0.25, 0.3) is 0 Å². The summed E-state index contributed by atoms with van der Waals surface area (Å²) in [6, 6.07) is 18.6. The third-order valence-electron chi connectivity index (χ3n) is 7.09. The lowest BCUT2D eigenvalue weighted by molar-refractivity contribution is -0.127. The SMILES string of the molecule is Cc1ccc([C@H]2OC3(C(=O)c4cccc(Br)c4C3=O)[C@H]3C(=O)N(c4ccccc4Cl)C(=O)[C@@H]23)cc1. The zero-order valence-corrected chi connectivity index (χ0v) is 20.7. The highest BCUT2D eigenvalue weighted by atomic mass is 79.9. The number of aryl methyl sites for hydroxylation is 1. The molecule has 2 fully saturated rings. The first-order valence-corrected chi connectivity index (χ1v) is 12.2. The number of carbonyl (C=O) groups excluding carboxylic acids is 4. The molecule has 0 saturated carbocycles. The average Bonchev–Trinajstić information content (AvgIpc) is 3.40. The van der Waals surface area contributed by atoms with Gasteiger partial charge in [0.05, 0.1) is 28.6 Å². The van der Waals surface area contributed by atoms with Crippen LogP contribution in [-0.4, -0.2) is 29.0 Å². The molecule has 6 rings (SSSR count). The summed E-state index contributed by atoms with van der Waals surface area (Å²) in [7, 11) is 0. The van der Waals surface area contributed by atoms with Crippen LogP contribution < -0.4 is 4.90 Å². The highest BCUT2D eigenvalue weighted by Gasteiger charge is 2.75. The largest absolute Gasteiger partial charge is 0.349 e. The third kappa shape index (κ3) is 2.86. The molecule has 2 aliphatic heterocycles. The maximum Gasteiger partial charge on any atom is 0.241 e. The van der Waals surface area contributed by atoms with Crippen LogP contribution in [0.1, 0.15) is 37.9 Å². The van der Waals surface area contributed by atoms with E-state index in [4.69, 9.17) is 16.3 Å². The lowest BCUT2D eigenvalue weighted by atomic mass is 9.77. The Balaban J connectivity index is 1.57. The number of Topliss-reactive ketones (excluding diaryl/α,β-unsaturated/α-hetero) is 2. The second kappa shape index (κ2) is 7.68. The van der Waals surface area contributed by atoms with Crippen molar-refractivity contribution in [2.45, 2.75) is 18.6 Å². The Morgan fingerprint density at radius 3 is 2.29 bits per heavy atom. The number of amides is 2. The summed E-state index contributed by atoms with van der Waals surface area (Å²) in [5.74, 6) is -4.83. The van der Waals surface area contributed by atoms with E-state index in [9.17, 15) is 19.2 Å². The summed E-state index contributed by atoms with van der Waals surface area (Å²) < 4.78 is 6.73. The average molecular weight is 551 g/mol. The quantitative estimate of drug-likeness (QED) is 0.327. The van der Waals surface area contributed by atoms with Gasteiger partial charge < -0.3 is 4.74 Å². The monoisotopic (exact) mass is 549 g/mol. The molecule has 3 aliphatic rings. The lowest BCUT2D eigenvalue weighted by Crippen LogP contribution is -2.51. The lowest BCUT2D eigenvalue weighted by Gasteiger charge is -2.27. The molecule has 0 bridgehead atoms. The minimum absolute atomic E-state index is 0.164. The van der Waals surface area contributed by atoms with Gasteiger partial charge in [0.2, 0.25) is 29.0 Å². The smallest absolute Gasteiger partial charge is 0.241 e. The Labute approximate surface area is 214 Å². The summed E-state index contributed by atoms with van der Waals surface area (Å²) in [4.78, 5) is 56.5. The van der Waals surface area contributed by atoms with E-state index in [0.717, 1.165) is 10.5 Å². The predicted molar refractivity (Wildman–Crippen MR) is 131 cm³/mol. The van der Waals surface area contributed by atoms with Crippen molar-refractivity contribution in [3.63, 3.8) is 0 Å². The molecular weight excluding hydrogens is 534 g/mol. The van der Waals surface area contributed by atoms with Crippen LogP contribution in [0.2, 0.25) is 5.02 Å². The first kappa shape index (κ1) is 22.3. The van der Waals surface area contributed by atoms with E-state index in [-0.39, 0.29) is 21.8 Å². The van der Waals surface area contributed by atoms with Crippen LogP contribution in [0.5, 0.6) is 0 Å². The fourth-order valence-electron chi connectivity index (χ4n) is 5.50. The van der Waals surface area contributed by atoms with Crippen molar-refractivity contribution in [2.24, 2.45) is 11.8 Å². The normalized spacial score (nSPS) is 27.2. The van der Waals surface area contributed by atoms with Crippen LogP contribution in [0.15, 0.2) is 71.2 Å². The Morgan fingerprint density at radius 1 is 0.886 bits per heavy atom. The number of para-hydroxylation sites is 1. The molecule has 3 aromatic rings. The maximum atomic E-state index is 13.9. The summed E-state index contributed by atoms with van der Waals surface area (Å²) in [6.45, 7) is 1.92. The van der Waals surface area contributed by atoms with Gasteiger partial charge in [-0.25, -0.2) is 4.90 Å². The van der Waals surface area contributed by atoms with Gasteiger partial charge in [-0.05, 0) is 30.7 Å². The fourth-order valence-corrected chi connectivity index (χ4v) is 6.26. The second-order valence-electron chi connectivity index (χ2n) is 8.97. The van der Waals surface area contributed by atoms with Gasteiger partial charge in [-0.15, -0.1) is 0 Å². The van der Waals surface area contributed by atoms with Gasteiger partial charge in [0.15, 0.2) is 0 Å². The van der Waals surface area contributed by atoms with E-state index in [2.05, 4.69) is 15.9 Å². The molecule has 0 radical (unpaired) electrons. The molecule has 2 heterocycles. The van der Waals surface area contributed by atoms with Crippen LogP contribution in [-0.2, 0) is 14.3 Å². The number of halogens is 2. The molecule has 4 atom stereocenters. The van der Waals surface area contributed by atoms with Gasteiger partial charge in [0.1, 0.15) is 0 Å². The Hall–Kier alpha value is -3.13. The minimum atomic E-state index is -2.13. The van der Waals surface area contributed by atoms with Crippen LogP contribution in [0, 0.1) is 18.8 Å². The number of rotatable bonds is 2. The van der Waals surface area contributed by atoms with Crippen molar-refractivity contribution in [3.8, 4) is 0 Å². The van der Waals surface area contributed by atoms with Gasteiger partial charge in [0, 0.05) is 15.6 Å². The number of benzene rings is 3. The van der Waals surface area contributed by atoms with Crippen LogP contribution >= 0.6 is 27.5 Å². The number of ether oxygens (including phenoxy) is 1. The summed E-state index contributed by atoms with van der Waals surface area (Å²) in [6.07, 6.45) is -0.967. The number of ketones is 2. The molecule has 3 aromatic carbocycles. The number of hydrogen-bond acceptors (Lipinski definition) is 5. The van der Waals surface area contributed by atoms with E-state index in [1.165, 1.54) is 0 Å². The highest BCUT2D eigenvalue weighted by molar-refractivity contribution is 9.10. The Morgan fingerprint density at radius 2 is 1.60 bits per heavy atom. The molecule has 2 saturated heterocycles. The van der Waals surface area contributed by atoms with E-state index in [0.29, 0.717) is 10.0 Å². The van der Waals surface area contributed by atoms with E-state index in [1.54, 1.807) is 54.6 Å². The van der Waals surface area contributed by atoms with Crippen LogP contribution in [0.3, 0.4) is 0 Å². The molecule has 1 unspecified atom stereocenters. The molecule has 0 N–H and O–H groups in total. The van der Waals surface area contributed by atoms with Gasteiger partial charge in [-0.3, -0.25) is 19.2 Å². The summed E-state index contributed by atoms with van der Waals surface area (Å²) >= 11 is 9.71. The predicted octanol–water partition coefficient (Wildman–Crippen LogP) is 5.11. The summed E-state index contributed by atoms with van der Waals surface area (Å²) in [5, 5.41) is 0.214. The Bertz CT molecular complexity index is 1470. The van der Waals surface area contributed by atoms with Crippen molar-refractivity contribution in [3.05, 3.63) is 98.5 Å². The number of carbonyl (C=O) groups is 4.